The number of ether oxygens (including phenoxy) is 5. The van der Waals surface area contributed by atoms with Crippen LogP contribution in [-0.2, 0) is 9.53 Å². The summed E-state index contributed by atoms with van der Waals surface area (Å²) in [6, 6.07) is 10.8. The van der Waals surface area contributed by atoms with E-state index >= 15 is 0 Å². The smallest absolute Gasteiger partial charge is 0.343 e. The summed E-state index contributed by atoms with van der Waals surface area (Å²) in [4.78, 5) is 12.3. The van der Waals surface area contributed by atoms with E-state index in [0.29, 0.717) is 28.6 Å². The molecular formula is C21H20O6. The molecule has 27 heavy (non-hydrogen) atoms. The second-order valence-electron chi connectivity index (χ2n) is 5.68. The number of hydrogen-bond donors (Lipinski definition) is 0. The van der Waals surface area contributed by atoms with Gasteiger partial charge in [0.2, 0.25) is 5.75 Å². The first-order valence-electron chi connectivity index (χ1n) is 8.19. The summed E-state index contributed by atoms with van der Waals surface area (Å²) in [6.45, 7) is 0. The lowest BCUT2D eigenvalue weighted by Crippen LogP contribution is -1.98. The third-order valence-electron chi connectivity index (χ3n) is 4.11. The van der Waals surface area contributed by atoms with Gasteiger partial charge in [-0.3, -0.25) is 0 Å². The summed E-state index contributed by atoms with van der Waals surface area (Å²) in [6.07, 6.45) is 3.41. The predicted octanol–water partition coefficient (Wildman–Crippen LogP) is 3.70. The lowest BCUT2D eigenvalue weighted by Gasteiger charge is -2.12. The van der Waals surface area contributed by atoms with E-state index < -0.39 is 5.97 Å². The minimum Gasteiger partial charge on any atom is -0.497 e. The van der Waals surface area contributed by atoms with Crippen molar-refractivity contribution in [2.45, 2.75) is 0 Å². The van der Waals surface area contributed by atoms with Gasteiger partial charge in [-0.15, -0.1) is 0 Å². The van der Waals surface area contributed by atoms with Crippen LogP contribution in [0.5, 0.6) is 23.0 Å². The second kappa shape index (κ2) is 7.86. The number of carbonyl (C=O) groups is 1. The highest BCUT2D eigenvalue weighted by atomic mass is 16.5. The van der Waals surface area contributed by atoms with Crippen LogP contribution in [0.1, 0.15) is 11.1 Å². The normalized spacial score (nSPS) is 14.6. The second-order valence-corrected chi connectivity index (χ2v) is 5.68. The van der Waals surface area contributed by atoms with Gasteiger partial charge in [0, 0.05) is 5.56 Å². The molecule has 0 aliphatic carbocycles. The summed E-state index contributed by atoms with van der Waals surface area (Å²) < 4.78 is 26.5. The molecule has 0 saturated heterocycles. The standard InChI is InChI=1S/C21H20O6/c1-23-16-7-5-14(6-8-16)17-12-15(21(22)27-17)9-13-10-18(24-2)20(26-4)19(11-13)25-3/h5-12H,1-4H3/b15-9-. The Morgan fingerprint density at radius 3 is 2.00 bits per heavy atom. The highest BCUT2D eigenvalue weighted by Gasteiger charge is 2.22. The van der Waals surface area contributed by atoms with Crippen LogP contribution in [0.2, 0.25) is 0 Å². The number of methoxy groups -OCH3 is 4. The minimum atomic E-state index is -0.422. The molecule has 0 amide bonds. The molecule has 2 aromatic carbocycles. The Morgan fingerprint density at radius 1 is 0.852 bits per heavy atom. The summed E-state index contributed by atoms with van der Waals surface area (Å²) in [5, 5.41) is 0. The molecule has 0 atom stereocenters. The topological polar surface area (TPSA) is 63.2 Å². The molecule has 1 aliphatic heterocycles. The molecular weight excluding hydrogens is 348 g/mol. The van der Waals surface area contributed by atoms with Gasteiger partial charge in [0.15, 0.2) is 11.5 Å². The molecule has 0 N–H and O–H groups in total. The van der Waals surface area contributed by atoms with E-state index in [0.717, 1.165) is 16.9 Å². The van der Waals surface area contributed by atoms with Crippen molar-refractivity contribution < 1.29 is 28.5 Å². The number of hydrogen-bond acceptors (Lipinski definition) is 6. The molecule has 2 aromatic rings. The Hall–Kier alpha value is -3.41. The van der Waals surface area contributed by atoms with E-state index in [-0.39, 0.29) is 0 Å². The Morgan fingerprint density at radius 2 is 1.48 bits per heavy atom. The van der Waals surface area contributed by atoms with Crippen molar-refractivity contribution >= 4 is 17.8 Å². The van der Waals surface area contributed by atoms with Gasteiger partial charge in [0.05, 0.1) is 34.0 Å². The van der Waals surface area contributed by atoms with Crippen molar-refractivity contribution in [3.8, 4) is 23.0 Å². The molecule has 0 saturated carbocycles. The van der Waals surface area contributed by atoms with Crippen LogP contribution in [0.4, 0.5) is 0 Å². The Bertz CT molecular complexity index is 884. The average Bonchev–Trinajstić information content (AvgIpc) is 3.07. The molecule has 6 nitrogen and oxygen atoms in total. The molecule has 1 heterocycles. The fourth-order valence-corrected chi connectivity index (χ4v) is 2.75. The van der Waals surface area contributed by atoms with Crippen LogP contribution >= 0.6 is 0 Å². The molecule has 0 fully saturated rings. The van der Waals surface area contributed by atoms with Gasteiger partial charge in [0.25, 0.3) is 0 Å². The van der Waals surface area contributed by atoms with Crippen molar-refractivity contribution in [1.29, 1.82) is 0 Å². The molecule has 0 radical (unpaired) electrons. The van der Waals surface area contributed by atoms with Crippen molar-refractivity contribution in [3.05, 3.63) is 59.2 Å². The fraction of sp³-hybridized carbons (Fsp3) is 0.190. The molecule has 1 aliphatic rings. The first-order valence-corrected chi connectivity index (χ1v) is 8.19. The maximum Gasteiger partial charge on any atom is 0.343 e. The van der Waals surface area contributed by atoms with Crippen LogP contribution < -0.4 is 18.9 Å². The van der Waals surface area contributed by atoms with Crippen LogP contribution in [0.3, 0.4) is 0 Å². The van der Waals surface area contributed by atoms with Crippen molar-refractivity contribution in [2.24, 2.45) is 0 Å². The van der Waals surface area contributed by atoms with Crippen molar-refractivity contribution in [3.63, 3.8) is 0 Å². The third kappa shape index (κ3) is 3.74. The zero-order chi connectivity index (χ0) is 19.4. The molecule has 0 bridgehead atoms. The Kier molecular flexibility index (Phi) is 5.35. The number of carbonyl (C=O) groups excluding carboxylic acids is 1. The summed E-state index contributed by atoms with van der Waals surface area (Å²) in [7, 11) is 6.22. The van der Waals surface area contributed by atoms with E-state index in [4.69, 9.17) is 23.7 Å². The number of cyclic esters (lactones) is 1. The van der Waals surface area contributed by atoms with Crippen LogP contribution in [0, 0.1) is 0 Å². The van der Waals surface area contributed by atoms with Gasteiger partial charge >= 0.3 is 5.97 Å². The summed E-state index contributed by atoms with van der Waals surface area (Å²) >= 11 is 0. The van der Waals surface area contributed by atoms with Crippen molar-refractivity contribution in [1.82, 2.24) is 0 Å². The maximum atomic E-state index is 12.3. The maximum absolute atomic E-state index is 12.3. The molecule has 0 spiro atoms. The van der Waals surface area contributed by atoms with Gasteiger partial charge in [0.1, 0.15) is 11.5 Å². The van der Waals surface area contributed by atoms with E-state index in [9.17, 15) is 4.79 Å². The monoisotopic (exact) mass is 368 g/mol. The van der Waals surface area contributed by atoms with Crippen LogP contribution in [0.15, 0.2) is 48.0 Å². The zero-order valence-electron chi connectivity index (χ0n) is 15.6. The number of benzene rings is 2. The highest BCUT2D eigenvalue weighted by molar-refractivity contribution is 6.05. The van der Waals surface area contributed by atoms with Crippen molar-refractivity contribution in [2.75, 3.05) is 28.4 Å². The minimum absolute atomic E-state index is 0.422. The van der Waals surface area contributed by atoms with E-state index in [2.05, 4.69) is 0 Å². The summed E-state index contributed by atoms with van der Waals surface area (Å²) in [5.74, 6) is 2.31. The largest absolute Gasteiger partial charge is 0.497 e. The molecule has 3 rings (SSSR count). The van der Waals surface area contributed by atoms with Gasteiger partial charge < -0.3 is 23.7 Å². The Balaban J connectivity index is 1.96. The van der Waals surface area contributed by atoms with Crippen LogP contribution in [0.25, 0.3) is 11.8 Å². The summed E-state index contributed by atoms with van der Waals surface area (Å²) in [5.41, 5.74) is 1.94. The predicted molar refractivity (Wildman–Crippen MR) is 101 cm³/mol. The van der Waals surface area contributed by atoms with Gasteiger partial charge in [-0.1, -0.05) is 0 Å². The molecule has 140 valence electrons. The first kappa shape index (κ1) is 18.4. The van der Waals surface area contributed by atoms with Gasteiger partial charge in [-0.2, -0.15) is 0 Å². The quantitative estimate of drug-likeness (QED) is 0.572. The zero-order valence-corrected chi connectivity index (χ0v) is 15.6. The Labute approximate surface area is 157 Å². The number of esters is 1. The lowest BCUT2D eigenvalue weighted by molar-refractivity contribution is -0.130. The lowest BCUT2D eigenvalue weighted by atomic mass is 10.1. The van der Waals surface area contributed by atoms with E-state index in [1.54, 1.807) is 45.6 Å². The average molecular weight is 368 g/mol. The SMILES string of the molecule is COc1ccc(C2=C/C(=C/c3cc(OC)c(OC)c(OC)c3)C(=O)O2)cc1. The van der Waals surface area contributed by atoms with Gasteiger partial charge in [-0.05, 0) is 54.1 Å². The molecule has 0 unspecified atom stereocenters. The fourth-order valence-electron chi connectivity index (χ4n) is 2.75. The third-order valence-corrected chi connectivity index (χ3v) is 4.11. The van der Waals surface area contributed by atoms with Crippen LogP contribution in [-0.4, -0.2) is 34.4 Å². The van der Waals surface area contributed by atoms with Gasteiger partial charge in [-0.25, -0.2) is 4.79 Å². The molecule has 6 heteroatoms. The van der Waals surface area contributed by atoms with E-state index in [1.807, 2.05) is 24.3 Å². The van der Waals surface area contributed by atoms with E-state index in [1.165, 1.54) is 7.11 Å². The first-order chi connectivity index (χ1) is 13.1. The highest BCUT2D eigenvalue weighted by Crippen LogP contribution is 2.39. The number of rotatable bonds is 6. The molecule has 0 aromatic heterocycles.